The van der Waals surface area contributed by atoms with E-state index in [0.29, 0.717) is 4.99 Å². The van der Waals surface area contributed by atoms with Crippen LogP contribution in [0.4, 0.5) is 5.69 Å². The van der Waals surface area contributed by atoms with Gasteiger partial charge >= 0.3 is 0 Å². The lowest BCUT2D eigenvalue weighted by Crippen LogP contribution is -2.20. The van der Waals surface area contributed by atoms with Gasteiger partial charge in [0.1, 0.15) is 4.99 Å². The number of halogens is 1. The van der Waals surface area contributed by atoms with Gasteiger partial charge in [-0.05, 0) is 52.9 Å². The number of hydrogen-bond donors (Lipinski definition) is 1. The average Bonchev–Trinajstić information content (AvgIpc) is 2.77. The molecule has 1 fully saturated rings. The standard InChI is InChI=1S/C14H19BrN2S/c1-2-3-10-6-7-17(9-10)11-4-5-12(14(16)18)13(15)8-11/h4-5,8,10H,2-3,6-7,9H2,1H3,(H2,16,18). The van der Waals surface area contributed by atoms with Crippen LogP contribution in [0.1, 0.15) is 31.7 Å². The molecule has 0 bridgehead atoms. The lowest BCUT2D eigenvalue weighted by atomic mass is 10.0. The Bertz CT molecular complexity index is 447. The number of anilines is 1. The van der Waals surface area contributed by atoms with E-state index in [9.17, 15) is 0 Å². The third-order valence-electron chi connectivity index (χ3n) is 3.57. The first-order valence-corrected chi connectivity index (χ1v) is 7.66. The molecular weight excluding hydrogens is 308 g/mol. The van der Waals surface area contributed by atoms with Gasteiger partial charge in [0.25, 0.3) is 0 Å². The average molecular weight is 327 g/mol. The summed E-state index contributed by atoms with van der Waals surface area (Å²) in [5.74, 6) is 0.851. The number of benzene rings is 1. The van der Waals surface area contributed by atoms with Crippen LogP contribution in [0.2, 0.25) is 0 Å². The van der Waals surface area contributed by atoms with E-state index < -0.39 is 0 Å². The molecule has 0 aliphatic carbocycles. The Labute approximate surface area is 123 Å². The third kappa shape index (κ3) is 3.04. The minimum absolute atomic E-state index is 0.443. The minimum atomic E-state index is 0.443. The lowest BCUT2D eigenvalue weighted by Gasteiger charge is -2.19. The van der Waals surface area contributed by atoms with Crippen molar-refractivity contribution in [1.82, 2.24) is 0 Å². The van der Waals surface area contributed by atoms with Crippen LogP contribution in [-0.2, 0) is 0 Å². The number of nitrogens with zero attached hydrogens (tertiary/aromatic N) is 1. The molecule has 1 aromatic carbocycles. The van der Waals surface area contributed by atoms with Crippen LogP contribution in [0.15, 0.2) is 22.7 Å². The van der Waals surface area contributed by atoms with E-state index in [0.717, 1.165) is 22.5 Å². The Kier molecular flexibility index (Phi) is 4.62. The van der Waals surface area contributed by atoms with Crippen molar-refractivity contribution in [3.63, 3.8) is 0 Å². The SMILES string of the molecule is CCCC1CCN(c2ccc(C(N)=S)c(Br)c2)C1. The number of rotatable bonds is 4. The zero-order valence-electron chi connectivity index (χ0n) is 10.7. The van der Waals surface area contributed by atoms with Gasteiger partial charge in [-0.15, -0.1) is 0 Å². The summed E-state index contributed by atoms with van der Waals surface area (Å²) in [5.41, 5.74) is 7.85. The molecule has 1 heterocycles. The maximum absolute atomic E-state index is 5.67. The minimum Gasteiger partial charge on any atom is -0.389 e. The van der Waals surface area contributed by atoms with Crippen molar-refractivity contribution < 1.29 is 0 Å². The highest BCUT2D eigenvalue weighted by Gasteiger charge is 2.22. The molecule has 1 saturated heterocycles. The van der Waals surface area contributed by atoms with Gasteiger partial charge in [0.05, 0.1) is 0 Å². The molecule has 1 unspecified atom stereocenters. The van der Waals surface area contributed by atoms with Crippen molar-refractivity contribution in [2.24, 2.45) is 11.7 Å². The molecule has 4 heteroatoms. The molecule has 2 nitrogen and oxygen atoms in total. The fourth-order valence-corrected chi connectivity index (χ4v) is 3.50. The highest BCUT2D eigenvalue weighted by molar-refractivity contribution is 9.10. The maximum atomic E-state index is 5.67. The second-order valence-corrected chi connectivity index (χ2v) is 6.21. The molecule has 1 aliphatic rings. The summed E-state index contributed by atoms with van der Waals surface area (Å²) in [5, 5.41) is 0. The highest BCUT2D eigenvalue weighted by Crippen LogP contribution is 2.29. The molecule has 0 radical (unpaired) electrons. The van der Waals surface area contributed by atoms with Crippen molar-refractivity contribution in [2.75, 3.05) is 18.0 Å². The van der Waals surface area contributed by atoms with Crippen molar-refractivity contribution in [1.29, 1.82) is 0 Å². The molecule has 0 saturated carbocycles. The van der Waals surface area contributed by atoms with Gasteiger partial charge in [0.15, 0.2) is 0 Å². The first-order valence-electron chi connectivity index (χ1n) is 6.46. The van der Waals surface area contributed by atoms with E-state index in [1.165, 1.54) is 31.5 Å². The van der Waals surface area contributed by atoms with Crippen LogP contribution in [-0.4, -0.2) is 18.1 Å². The fraction of sp³-hybridized carbons (Fsp3) is 0.500. The molecule has 1 aliphatic heterocycles. The van der Waals surface area contributed by atoms with E-state index in [4.69, 9.17) is 18.0 Å². The highest BCUT2D eigenvalue weighted by atomic mass is 79.9. The van der Waals surface area contributed by atoms with Crippen molar-refractivity contribution in [3.8, 4) is 0 Å². The normalized spacial score (nSPS) is 19.2. The van der Waals surface area contributed by atoms with Crippen molar-refractivity contribution in [3.05, 3.63) is 28.2 Å². The second-order valence-electron chi connectivity index (χ2n) is 4.92. The van der Waals surface area contributed by atoms with E-state index >= 15 is 0 Å². The van der Waals surface area contributed by atoms with Gasteiger partial charge in [-0.1, -0.05) is 25.6 Å². The summed E-state index contributed by atoms with van der Waals surface area (Å²) in [7, 11) is 0. The predicted molar refractivity (Wildman–Crippen MR) is 85.3 cm³/mol. The maximum Gasteiger partial charge on any atom is 0.105 e. The second kappa shape index (κ2) is 6.02. The Morgan fingerprint density at radius 1 is 1.56 bits per heavy atom. The lowest BCUT2D eigenvalue weighted by molar-refractivity contribution is 0.530. The molecule has 2 rings (SSSR count). The topological polar surface area (TPSA) is 29.3 Å². The van der Waals surface area contributed by atoms with Crippen LogP contribution < -0.4 is 10.6 Å². The Hall–Kier alpha value is -0.610. The molecule has 0 aromatic heterocycles. The number of thiocarbonyl (C=S) groups is 1. The zero-order chi connectivity index (χ0) is 13.1. The van der Waals surface area contributed by atoms with Crippen LogP contribution in [0, 0.1) is 5.92 Å². The Balaban J connectivity index is 2.11. The Morgan fingerprint density at radius 2 is 2.33 bits per heavy atom. The van der Waals surface area contributed by atoms with Crippen LogP contribution >= 0.6 is 28.1 Å². The van der Waals surface area contributed by atoms with Gasteiger partial charge in [-0.2, -0.15) is 0 Å². The van der Waals surface area contributed by atoms with Crippen molar-refractivity contribution in [2.45, 2.75) is 26.2 Å². The van der Waals surface area contributed by atoms with Gasteiger partial charge in [0, 0.05) is 28.8 Å². The Morgan fingerprint density at radius 3 is 2.94 bits per heavy atom. The molecule has 18 heavy (non-hydrogen) atoms. The quantitative estimate of drug-likeness (QED) is 0.855. The van der Waals surface area contributed by atoms with Gasteiger partial charge < -0.3 is 10.6 Å². The molecule has 0 spiro atoms. The monoisotopic (exact) mass is 326 g/mol. The van der Waals surface area contributed by atoms with E-state index in [1.807, 2.05) is 6.07 Å². The largest absolute Gasteiger partial charge is 0.389 e. The van der Waals surface area contributed by atoms with Crippen LogP contribution in [0.5, 0.6) is 0 Å². The summed E-state index contributed by atoms with van der Waals surface area (Å²) in [6, 6.07) is 6.26. The van der Waals surface area contributed by atoms with Gasteiger partial charge in [0.2, 0.25) is 0 Å². The number of nitrogens with two attached hydrogens (primary N) is 1. The number of hydrogen-bond acceptors (Lipinski definition) is 2. The van der Waals surface area contributed by atoms with E-state index in [-0.39, 0.29) is 0 Å². The molecular formula is C14H19BrN2S. The summed E-state index contributed by atoms with van der Waals surface area (Å²) in [4.78, 5) is 2.90. The van der Waals surface area contributed by atoms with Crippen LogP contribution in [0.25, 0.3) is 0 Å². The summed E-state index contributed by atoms with van der Waals surface area (Å²) >= 11 is 8.56. The molecule has 1 aromatic rings. The first kappa shape index (κ1) is 13.8. The smallest absolute Gasteiger partial charge is 0.105 e. The summed E-state index contributed by atoms with van der Waals surface area (Å²) in [6.45, 7) is 4.59. The van der Waals surface area contributed by atoms with Crippen molar-refractivity contribution >= 4 is 38.8 Å². The first-order chi connectivity index (χ1) is 8.61. The summed E-state index contributed by atoms with van der Waals surface area (Å²) in [6.07, 6.45) is 3.92. The molecule has 2 N–H and O–H groups in total. The molecule has 1 atom stereocenters. The van der Waals surface area contributed by atoms with E-state index in [1.54, 1.807) is 0 Å². The third-order valence-corrected chi connectivity index (χ3v) is 4.44. The summed E-state index contributed by atoms with van der Waals surface area (Å²) < 4.78 is 0.992. The molecule has 98 valence electrons. The molecule has 0 amide bonds. The van der Waals surface area contributed by atoms with Gasteiger partial charge in [-0.25, -0.2) is 0 Å². The zero-order valence-corrected chi connectivity index (χ0v) is 13.1. The predicted octanol–water partition coefficient (Wildman–Crippen LogP) is 3.71. The van der Waals surface area contributed by atoms with Crippen LogP contribution in [0.3, 0.4) is 0 Å². The van der Waals surface area contributed by atoms with Gasteiger partial charge in [-0.3, -0.25) is 0 Å². The fourth-order valence-electron chi connectivity index (χ4n) is 2.61. The van der Waals surface area contributed by atoms with E-state index in [2.05, 4.69) is 39.9 Å².